The third kappa shape index (κ3) is 5.32. The van der Waals surface area contributed by atoms with E-state index in [9.17, 15) is 9.59 Å². The van der Waals surface area contributed by atoms with E-state index in [4.69, 9.17) is 9.57 Å². The van der Waals surface area contributed by atoms with Crippen LogP contribution in [0, 0.1) is 12.8 Å². The highest BCUT2D eigenvalue weighted by Gasteiger charge is 2.60. The van der Waals surface area contributed by atoms with Crippen LogP contribution in [0.25, 0.3) is 0 Å². The van der Waals surface area contributed by atoms with Crippen molar-refractivity contribution in [1.82, 2.24) is 0 Å². The number of benzene rings is 3. The Hall–Kier alpha value is -3.64. The zero-order chi connectivity index (χ0) is 26.5. The van der Waals surface area contributed by atoms with E-state index in [1.54, 1.807) is 5.06 Å². The van der Waals surface area contributed by atoms with E-state index in [-0.39, 0.29) is 11.8 Å². The van der Waals surface area contributed by atoms with Crippen LogP contribution in [0.5, 0.6) is 5.75 Å². The van der Waals surface area contributed by atoms with Crippen molar-refractivity contribution in [1.29, 1.82) is 0 Å². The van der Waals surface area contributed by atoms with Gasteiger partial charge in [0.05, 0.1) is 24.0 Å². The van der Waals surface area contributed by atoms with Gasteiger partial charge in [0.15, 0.2) is 6.10 Å². The fourth-order valence-corrected chi connectivity index (χ4v) is 5.33. The molecule has 0 unspecified atom stereocenters. The summed E-state index contributed by atoms with van der Waals surface area (Å²) in [5.41, 5.74) is 3.35. The maximum Gasteiger partial charge on any atom is 0.266 e. The van der Waals surface area contributed by atoms with Gasteiger partial charge in [-0.05, 0) is 55.3 Å². The Labute approximate surface area is 225 Å². The van der Waals surface area contributed by atoms with Crippen LogP contribution in [0.15, 0.2) is 78.9 Å². The molecule has 0 aliphatic carbocycles. The average Bonchev–Trinajstić information content (AvgIpc) is 3.45. The van der Waals surface area contributed by atoms with Gasteiger partial charge in [0.1, 0.15) is 11.7 Å². The van der Waals surface area contributed by atoms with Crippen LogP contribution in [0.3, 0.4) is 0 Å². The van der Waals surface area contributed by atoms with Crippen molar-refractivity contribution < 1.29 is 19.2 Å². The number of carbonyl (C=O) groups is 2. The molecular weight excluding hydrogens is 476 g/mol. The summed E-state index contributed by atoms with van der Waals surface area (Å²) in [5, 5.41) is 1.73. The SMILES string of the molecule is CCCCCCCCOc1ccc([C@H]2[C@@H]3C(=O)N(c4ccc(C)cc4)C(=O)[C@H]3ON2c2ccccc2)cc1. The van der Waals surface area contributed by atoms with Crippen molar-refractivity contribution in [2.75, 3.05) is 16.6 Å². The molecule has 0 aromatic heterocycles. The molecular formula is C32H36N2O4. The van der Waals surface area contributed by atoms with Gasteiger partial charge >= 0.3 is 0 Å². The van der Waals surface area contributed by atoms with Gasteiger partial charge in [0, 0.05) is 0 Å². The first-order valence-electron chi connectivity index (χ1n) is 13.8. The summed E-state index contributed by atoms with van der Waals surface area (Å²) < 4.78 is 5.98. The highest BCUT2D eigenvalue weighted by atomic mass is 16.7. The second kappa shape index (κ2) is 11.8. The Bertz CT molecular complexity index is 1230. The molecule has 198 valence electrons. The van der Waals surface area contributed by atoms with E-state index in [1.165, 1.54) is 37.0 Å². The summed E-state index contributed by atoms with van der Waals surface area (Å²) in [7, 11) is 0. The number of carbonyl (C=O) groups excluding carboxylic acids is 2. The summed E-state index contributed by atoms with van der Waals surface area (Å²) in [6, 6.07) is 24.5. The van der Waals surface area contributed by atoms with Crippen molar-refractivity contribution in [2.45, 2.75) is 64.5 Å². The quantitative estimate of drug-likeness (QED) is 0.209. The molecule has 3 aromatic rings. The highest BCUT2D eigenvalue weighted by molar-refractivity contribution is 6.23. The van der Waals surface area contributed by atoms with Gasteiger partial charge in [-0.3, -0.25) is 14.4 Å². The van der Waals surface area contributed by atoms with Crippen LogP contribution in [-0.4, -0.2) is 24.5 Å². The number of unbranched alkanes of at least 4 members (excludes halogenated alkanes) is 5. The number of rotatable bonds is 11. The van der Waals surface area contributed by atoms with Crippen molar-refractivity contribution in [3.05, 3.63) is 90.0 Å². The number of para-hydroxylation sites is 1. The van der Waals surface area contributed by atoms with Crippen molar-refractivity contribution in [3.63, 3.8) is 0 Å². The lowest BCUT2D eigenvalue weighted by molar-refractivity contribution is -0.126. The molecule has 2 amide bonds. The van der Waals surface area contributed by atoms with Gasteiger partial charge in [0.25, 0.3) is 5.91 Å². The molecule has 38 heavy (non-hydrogen) atoms. The molecule has 3 aromatic carbocycles. The topological polar surface area (TPSA) is 59.1 Å². The van der Waals surface area contributed by atoms with Crippen LogP contribution in [0.4, 0.5) is 11.4 Å². The molecule has 0 bridgehead atoms. The standard InChI is InChI=1S/C32H36N2O4/c1-3-4-5-6-7-11-22-37-27-20-16-24(17-21-27)29-28-30(38-34(29)26-12-9-8-10-13-26)32(36)33(31(28)35)25-18-14-23(2)15-19-25/h8-10,12-21,28-30H,3-7,11,22H2,1-2H3/t28-,29-,30-/m0/s1. The zero-order valence-corrected chi connectivity index (χ0v) is 22.2. The van der Waals surface area contributed by atoms with Crippen molar-refractivity contribution in [3.8, 4) is 5.75 Å². The third-order valence-electron chi connectivity index (χ3n) is 7.41. The van der Waals surface area contributed by atoms with Crippen LogP contribution in [0.2, 0.25) is 0 Å². The van der Waals surface area contributed by atoms with Gasteiger partial charge in [0.2, 0.25) is 5.91 Å². The van der Waals surface area contributed by atoms with Crippen LogP contribution < -0.4 is 14.7 Å². The Balaban J connectivity index is 1.35. The van der Waals surface area contributed by atoms with Gasteiger partial charge in [-0.15, -0.1) is 0 Å². The number of anilines is 2. The smallest absolute Gasteiger partial charge is 0.266 e. The van der Waals surface area contributed by atoms with Gasteiger partial charge < -0.3 is 4.74 Å². The van der Waals surface area contributed by atoms with Gasteiger partial charge in [-0.1, -0.05) is 87.1 Å². The molecule has 2 aliphatic rings. The monoisotopic (exact) mass is 512 g/mol. The lowest BCUT2D eigenvalue weighted by Crippen LogP contribution is -2.37. The molecule has 5 rings (SSSR count). The number of imide groups is 1. The maximum absolute atomic E-state index is 13.8. The minimum absolute atomic E-state index is 0.240. The lowest BCUT2D eigenvalue weighted by Gasteiger charge is -2.29. The zero-order valence-electron chi connectivity index (χ0n) is 22.2. The first-order valence-corrected chi connectivity index (χ1v) is 13.8. The molecule has 2 saturated heterocycles. The second-order valence-corrected chi connectivity index (χ2v) is 10.2. The largest absolute Gasteiger partial charge is 0.494 e. The molecule has 6 nitrogen and oxygen atoms in total. The maximum atomic E-state index is 13.8. The number of aryl methyl sites for hydroxylation is 1. The molecule has 0 radical (unpaired) electrons. The second-order valence-electron chi connectivity index (χ2n) is 10.2. The number of hydrogen-bond acceptors (Lipinski definition) is 5. The van der Waals surface area contributed by atoms with E-state index in [0.717, 1.165) is 29.0 Å². The van der Waals surface area contributed by atoms with E-state index < -0.39 is 18.1 Å². The van der Waals surface area contributed by atoms with E-state index in [2.05, 4.69) is 6.92 Å². The van der Waals surface area contributed by atoms with Crippen molar-refractivity contribution >= 4 is 23.2 Å². The minimum atomic E-state index is -0.877. The molecule has 0 saturated carbocycles. The van der Waals surface area contributed by atoms with E-state index in [1.807, 2.05) is 85.8 Å². The van der Waals surface area contributed by atoms with Crippen molar-refractivity contribution in [2.24, 2.45) is 5.92 Å². The number of nitrogens with zero attached hydrogens (tertiary/aromatic N) is 2. The van der Waals surface area contributed by atoms with Gasteiger partial charge in [-0.2, -0.15) is 0 Å². The van der Waals surface area contributed by atoms with Crippen LogP contribution in [0.1, 0.15) is 62.6 Å². The normalized spacial score (nSPS) is 20.7. The van der Waals surface area contributed by atoms with E-state index in [0.29, 0.717) is 12.3 Å². The fourth-order valence-electron chi connectivity index (χ4n) is 5.33. The Kier molecular flexibility index (Phi) is 8.08. The number of hydroxylamine groups is 1. The minimum Gasteiger partial charge on any atom is -0.494 e. The number of ether oxygens (including phenoxy) is 1. The lowest BCUT2D eigenvalue weighted by atomic mass is 9.90. The molecule has 2 aliphatic heterocycles. The molecule has 0 spiro atoms. The third-order valence-corrected chi connectivity index (χ3v) is 7.41. The molecule has 3 atom stereocenters. The molecule has 2 heterocycles. The first kappa shape index (κ1) is 26.0. The predicted octanol–water partition coefficient (Wildman–Crippen LogP) is 6.79. The Morgan fingerprint density at radius 1 is 0.763 bits per heavy atom. The number of hydrogen-bond donors (Lipinski definition) is 0. The summed E-state index contributed by atoms with van der Waals surface area (Å²) in [6.45, 7) is 4.89. The number of fused-ring (bicyclic) bond motifs is 1. The Morgan fingerprint density at radius 3 is 2.16 bits per heavy atom. The highest BCUT2D eigenvalue weighted by Crippen LogP contribution is 2.47. The summed E-state index contributed by atoms with van der Waals surface area (Å²) in [5.74, 6) is -0.417. The molecule has 6 heteroatoms. The summed E-state index contributed by atoms with van der Waals surface area (Å²) in [4.78, 5) is 34.7. The Morgan fingerprint density at radius 2 is 1.45 bits per heavy atom. The van der Waals surface area contributed by atoms with Gasteiger partial charge in [-0.25, -0.2) is 9.96 Å². The predicted molar refractivity (Wildman–Crippen MR) is 149 cm³/mol. The summed E-state index contributed by atoms with van der Waals surface area (Å²) >= 11 is 0. The molecule has 2 fully saturated rings. The fraction of sp³-hybridized carbons (Fsp3) is 0.375. The number of amides is 2. The molecule has 0 N–H and O–H groups in total. The first-order chi connectivity index (χ1) is 18.6. The van der Waals surface area contributed by atoms with Crippen LogP contribution >= 0.6 is 0 Å². The van der Waals surface area contributed by atoms with E-state index >= 15 is 0 Å². The average molecular weight is 513 g/mol. The summed E-state index contributed by atoms with van der Waals surface area (Å²) in [6.07, 6.45) is 6.43. The van der Waals surface area contributed by atoms with Crippen LogP contribution in [-0.2, 0) is 14.4 Å².